The van der Waals surface area contributed by atoms with Gasteiger partial charge >= 0.3 is 5.97 Å². The van der Waals surface area contributed by atoms with E-state index in [1.807, 2.05) is 51.1 Å². The molecule has 0 saturated carbocycles. The van der Waals surface area contributed by atoms with Crippen LogP contribution in [0.3, 0.4) is 0 Å². The zero-order valence-electron chi connectivity index (χ0n) is 30.3. The molecule has 276 valence electrons. The minimum atomic E-state index is -1.30. The lowest BCUT2D eigenvalue weighted by Gasteiger charge is -2.41. The van der Waals surface area contributed by atoms with Crippen molar-refractivity contribution in [2.75, 3.05) is 26.7 Å². The van der Waals surface area contributed by atoms with Gasteiger partial charge in [-0.2, -0.15) is 0 Å². The molecular weight excluding hydrogens is 702 g/mol. The molecule has 50 heavy (non-hydrogen) atoms. The van der Waals surface area contributed by atoms with E-state index < -0.39 is 53.7 Å². The van der Waals surface area contributed by atoms with Crippen LogP contribution in [0.25, 0.3) is 0 Å². The molecule has 0 aliphatic carbocycles. The van der Waals surface area contributed by atoms with Gasteiger partial charge in [0.1, 0.15) is 17.7 Å². The highest BCUT2D eigenvalue weighted by Crippen LogP contribution is 2.61. The normalized spacial score (nSPS) is 27.6. The van der Waals surface area contributed by atoms with Crippen LogP contribution in [0.2, 0.25) is 0 Å². The van der Waals surface area contributed by atoms with E-state index in [-0.39, 0.29) is 41.5 Å². The minimum absolute atomic E-state index is 0.108. The summed E-state index contributed by atoms with van der Waals surface area (Å²) in [6, 6.07) is 7.05. The number of likely N-dealkylation sites (N-methyl/N-ethyl adjacent to an activating group) is 1. The quantitative estimate of drug-likeness (QED) is 0.0865. The fraction of sp³-hybridized carbons (Fsp3) is 0.641. The van der Waals surface area contributed by atoms with Gasteiger partial charge in [-0.3, -0.25) is 19.2 Å². The summed E-state index contributed by atoms with van der Waals surface area (Å²) in [7, 11) is 1.69. The van der Waals surface area contributed by atoms with E-state index >= 15 is 0 Å². The Hall–Kier alpha value is -3.02. The number of esters is 1. The molecule has 1 aromatic carbocycles. The Morgan fingerprint density at radius 3 is 2.46 bits per heavy atom. The maximum absolute atomic E-state index is 14.8. The Kier molecular flexibility index (Phi) is 13.9. The van der Waals surface area contributed by atoms with E-state index in [2.05, 4.69) is 36.0 Å². The van der Waals surface area contributed by atoms with Gasteiger partial charge in [0.2, 0.25) is 17.7 Å². The number of allylic oxidation sites excluding steroid dienone is 1. The number of carbonyl (C=O) groups is 4. The number of likely N-dealkylation sites (tertiary alicyclic amines) is 1. The van der Waals surface area contributed by atoms with E-state index in [1.54, 1.807) is 33.9 Å². The summed E-state index contributed by atoms with van der Waals surface area (Å²) in [6.45, 7) is 15.9. The lowest BCUT2D eigenvalue weighted by atomic mass is 9.70. The molecule has 2 bridgehead atoms. The molecule has 1 unspecified atom stereocenters. The molecule has 3 aliphatic rings. The molecule has 11 heteroatoms. The Morgan fingerprint density at radius 2 is 1.86 bits per heavy atom. The maximum atomic E-state index is 14.8. The van der Waals surface area contributed by atoms with Crippen molar-refractivity contribution in [2.45, 2.75) is 113 Å². The number of ether oxygens (including phenoxy) is 2. The average molecular weight is 759 g/mol. The fourth-order valence-corrected chi connectivity index (χ4v) is 9.03. The number of rotatable bonds is 19. The van der Waals surface area contributed by atoms with Crippen molar-refractivity contribution < 1.29 is 33.8 Å². The van der Waals surface area contributed by atoms with Crippen LogP contribution >= 0.6 is 15.9 Å². The highest BCUT2D eigenvalue weighted by molar-refractivity contribution is 9.09. The molecule has 10 atom stereocenters. The number of aliphatic hydroxyl groups is 1. The van der Waals surface area contributed by atoms with Crippen LogP contribution in [0.1, 0.15) is 84.3 Å². The first-order valence-corrected chi connectivity index (χ1v) is 19.1. The number of halogens is 1. The Morgan fingerprint density at radius 1 is 1.16 bits per heavy atom. The molecule has 1 spiro atoms. The summed E-state index contributed by atoms with van der Waals surface area (Å²) in [5, 5.41) is 10.7. The van der Waals surface area contributed by atoms with Crippen LogP contribution in [0, 0.1) is 17.8 Å². The average Bonchev–Trinajstić information content (AvgIpc) is 3.72. The van der Waals surface area contributed by atoms with E-state index in [4.69, 9.17) is 9.47 Å². The largest absolute Gasteiger partial charge is 0.455 e. The standard InChI is InChI=1S/C39H56BrN3O7/c1-8-12-17-22-42(21-10-3)37(47)35-39-23-28(40)34(50-39)31(32(39)36(46)43(35)29(24-44)25(5)11-4)38(48)49-33(27-18-15-14-16-19-27)26(6)41(7)30(45)20-13-9-2/h9-10,14-16,18-19,25-26,28-29,31-35,44H,2-3,8,11-13,17,20-24H2,1,4-7H3/t25-,26-,28?,29-,31+,32-,33+,34+,35+,39-/m0/s1. The number of hydrogen-bond acceptors (Lipinski definition) is 7. The number of nitrogens with zero attached hydrogens (tertiary/aromatic N) is 3. The fourth-order valence-electron chi connectivity index (χ4n) is 8.08. The molecule has 1 aromatic rings. The topological polar surface area (TPSA) is 117 Å². The molecule has 0 radical (unpaired) electrons. The lowest BCUT2D eigenvalue weighted by Crippen LogP contribution is -2.60. The summed E-state index contributed by atoms with van der Waals surface area (Å²) < 4.78 is 13.1. The van der Waals surface area contributed by atoms with Gasteiger partial charge in [0.05, 0.1) is 36.6 Å². The number of aliphatic hydroxyl groups excluding tert-OH is 1. The van der Waals surface area contributed by atoms with E-state index in [9.17, 15) is 24.3 Å². The van der Waals surface area contributed by atoms with Gasteiger partial charge in [-0.1, -0.05) is 98.4 Å². The van der Waals surface area contributed by atoms with Crippen molar-refractivity contribution in [1.29, 1.82) is 0 Å². The van der Waals surface area contributed by atoms with Gasteiger partial charge in [-0.05, 0) is 37.7 Å². The molecule has 3 heterocycles. The second-order valence-electron chi connectivity index (χ2n) is 14.2. The predicted molar refractivity (Wildman–Crippen MR) is 196 cm³/mol. The number of amides is 3. The van der Waals surface area contributed by atoms with Crippen molar-refractivity contribution in [1.82, 2.24) is 14.7 Å². The number of unbranched alkanes of at least 4 members (excludes halogenated alkanes) is 2. The minimum Gasteiger partial charge on any atom is -0.455 e. The van der Waals surface area contributed by atoms with Crippen molar-refractivity contribution in [3.05, 3.63) is 61.2 Å². The van der Waals surface area contributed by atoms with E-state index in [0.29, 0.717) is 37.9 Å². The molecule has 10 nitrogen and oxygen atoms in total. The van der Waals surface area contributed by atoms with E-state index in [1.165, 1.54) is 0 Å². The van der Waals surface area contributed by atoms with Crippen molar-refractivity contribution in [3.8, 4) is 0 Å². The number of benzene rings is 1. The highest BCUT2D eigenvalue weighted by Gasteiger charge is 2.77. The van der Waals surface area contributed by atoms with E-state index in [0.717, 1.165) is 19.3 Å². The van der Waals surface area contributed by atoms with Crippen LogP contribution in [0.4, 0.5) is 0 Å². The molecule has 3 amide bonds. The number of fused-ring (bicyclic) bond motifs is 1. The summed E-state index contributed by atoms with van der Waals surface area (Å²) >= 11 is 3.76. The van der Waals surface area contributed by atoms with Crippen molar-refractivity contribution in [3.63, 3.8) is 0 Å². The summed E-state index contributed by atoms with van der Waals surface area (Å²) in [6.07, 6.45) is 6.38. The van der Waals surface area contributed by atoms with Crippen LogP contribution in [0.15, 0.2) is 55.6 Å². The molecule has 4 rings (SSSR count). The summed E-state index contributed by atoms with van der Waals surface area (Å²) in [5.74, 6) is -3.48. The number of hydrogen-bond donors (Lipinski definition) is 1. The van der Waals surface area contributed by atoms with Gasteiger partial charge in [0, 0.05) is 31.4 Å². The summed E-state index contributed by atoms with van der Waals surface area (Å²) in [5.41, 5.74) is -0.588. The maximum Gasteiger partial charge on any atom is 0.313 e. The van der Waals surface area contributed by atoms with Gasteiger partial charge in [-0.25, -0.2) is 0 Å². The van der Waals surface area contributed by atoms with Crippen LogP contribution < -0.4 is 0 Å². The zero-order chi connectivity index (χ0) is 36.7. The van der Waals surface area contributed by atoms with Gasteiger partial charge in [-0.15, -0.1) is 13.2 Å². The number of carbonyl (C=O) groups excluding carboxylic acids is 4. The second-order valence-corrected chi connectivity index (χ2v) is 15.3. The smallest absolute Gasteiger partial charge is 0.313 e. The third-order valence-corrected chi connectivity index (χ3v) is 12.0. The monoisotopic (exact) mass is 757 g/mol. The highest BCUT2D eigenvalue weighted by atomic mass is 79.9. The molecular formula is C39H56BrN3O7. The van der Waals surface area contributed by atoms with Gasteiger partial charge in [0.25, 0.3) is 0 Å². The first-order chi connectivity index (χ1) is 23.9. The molecule has 1 N–H and O–H groups in total. The molecule has 0 aromatic heterocycles. The van der Waals surface area contributed by atoms with Gasteiger partial charge < -0.3 is 29.3 Å². The summed E-state index contributed by atoms with van der Waals surface area (Å²) in [4.78, 5) is 61.7. The SMILES string of the molecule is C=CCCC(=O)N(C)[C@@H](C)[C@@H](OC(=O)[C@H]1[C@@H]2O[C@@]3(CC2Br)[C@@H]1C(=O)N([C@@H](CO)[C@@H](C)CC)[C@@H]3C(=O)N(CC=C)CCCCC)c1ccccc1. The third kappa shape index (κ3) is 7.60. The molecule has 3 fully saturated rings. The zero-order valence-corrected chi connectivity index (χ0v) is 31.9. The molecule has 3 saturated heterocycles. The first-order valence-electron chi connectivity index (χ1n) is 18.2. The Labute approximate surface area is 306 Å². The van der Waals surface area contributed by atoms with Crippen LogP contribution in [-0.4, -0.2) is 105 Å². The second kappa shape index (κ2) is 17.5. The Bertz CT molecular complexity index is 1380. The van der Waals surface area contributed by atoms with Crippen LogP contribution in [0.5, 0.6) is 0 Å². The lowest BCUT2D eigenvalue weighted by molar-refractivity contribution is -0.165. The predicted octanol–water partition coefficient (Wildman–Crippen LogP) is 5.44. The first kappa shape index (κ1) is 39.8. The third-order valence-electron chi connectivity index (χ3n) is 11.1. The van der Waals surface area contributed by atoms with Crippen molar-refractivity contribution in [2.24, 2.45) is 17.8 Å². The number of alkyl halides is 1. The molecule has 3 aliphatic heterocycles. The van der Waals surface area contributed by atoms with Crippen LogP contribution in [-0.2, 0) is 28.7 Å². The van der Waals surface area contributed by atoms with Gasteiger partial charge in [0.15, 0.2) is 0 Å². The van der Waals surface area contributed by atoms with Crippen molar-refractivity contribution >= 4 is 39.6 Å². The Balaban J connectivity index is 1.76.